The molecule has 0 aromatic rings. The van der Waals surface area contributed by atoms with Gasteiger partial charge < -0.3 is 10.4 Å². The summed E-state index contributed by atoms with van der Waals surface area (Å²) in [5.41, 5.74) is 0.683. The second kappa shape index (κ2) is 3.93. The van der Waals surface area contributed by atoms with Gasteiger partial charge in [-0.15, -0.1) is 0 Å². The van der Waals surface area contributed by atoms with E-state index in [1.165, 1.54) is 0 Å². The number of nitrogens with one attached hydrogen (secondary N) is 1. The van der Waals surface area contributed by atoms with Gasteiger partial charge in [-0.3, -0.25) is 0 Å². The molecule has 0 aliphatic carbocycles. The van der Waals surface area contributed by atoms with Crippen molar-refractivity contribution in [1.82, 2.24) is 5.32 Å². The Morgan fingerprint density at radius 2 is 2.10 bits per heavy atom. The van der Waals surface area contributed by atoms with E-state index < -0.39 is 5.97 Å². The van der Waals surface area contributed by atoms with Crippen LogP contribution in [0.1, 0.15) is 20.8 Å². The molecule has 0 atom stereocenters. The Morgan fingerprint density at radius 3 is 2.40 bits per heavy atom. The molecule has 58 valence electrons. The first-order chi connectivity index (χ1) is 4.52. The van der Waals surface area contributed by atoms with Crippen LogP contribution in [0.25, 0.3) is 0 Å². The summed E-state index contributed by atoms with van der Waals surface area (Å²) in [5.74, 6) is -0.911. The van der Waals surface area contributed by atoms with Crippen LogP contribution >= 0.6 is 0 Å². The molecule has 2 N–H and O–H groups in total. The average Bonchev–Trinajstić information content (AvgIpc) is 1.58. The van der Waals surface area contributed by atoms with Gasteiger partial charge in [0.05, 0.1) is 0 Å². The lowest BCUT2D eigenvalue weighted by Crippen LogP contribution is -2.20. The fourth-order valence-corrected chi connectivity index (χ4v) is 0.682. The van der Waals surface area contributed by atoms with E-state index in [9.17, 15) is 4.79 Å². The molecule has 10 heavy (non-hydrogen) atoms. The summed E-state index contributed by atoms with van der Waals surface area (Å²) in [6, 6.07) is 0.288. The number of carboxylic acids is 1. The SMILES string of the molecule is C/C(=C\C(=O)O)NC(C)C. The molecule has 0 amide bonds. The fraction of sp³-hybridized carbons (Fsp3) is 0.571. The van der Waals surface area contributed by atoms with E-state index in [2.05, 4.69) is 5.32 Å². The second-order valence-electron chi connectivity index (χ2n) is 2.46. The van der Waals surface area contributed by atoms with Gasteiger partial charge in [-0.1, -0.05) is 0 Å². The molecule has 0 saturated heterocycles. The van der Waals surface area contributed by atoms with Gasteiger partial charge in [0, 0.05) is 17.8 Å². The number of carboxylic acid groups (broad SMARTS) is 1. The van der Waals surface area contributed by atoms with Gasteiger partial charge in [-0.25, -0.2) is 4.79 Å². The summed E-state index contributed by atoms with van der Waals surface area (Å²) >= 11 is 0. The standard InChI is InChI=1S/C7H13NO2/c1-5(2)8-6(3)4-7(9)10/h4-5,8H,1-3H3,(H,9,10)/b6-4+. The average molecular weight is 143 g/mol. The molecule has 0 radical (unpaired) electrons. The molecule has 0 fully saturated rings. The van der Waals surface area contributed by atoms with Crippen molar-refractivity contribution in [3.8, 4) is 0 Å². The molecule has 0 saturated carbocycles. The van der Waals surface area contributed by atoms with E-state index in [1.54, 1.807) is 6.92 Å². The molecule has 0 aromatic carbocycles. The zero-order valence-electron chi connectivity index (χ0n) is 6.51. The molecule has 3 nitrogen and oxygen atoms in total. The number of carbonyl (C=O) groups is 1. The van der Waals surface area contributed by atoms with E-state index in [1.807, 2.05) is 13.8 Å². The third-order valence-corrected chi connectivity index (χ3v) is 0.856. The third-order valence-electron chi connectivity index (χ3n) is 0.856. The van der Waals surface area contributed by atoms with Crippen molar-refractivity contribution in [2.24, 2.45) is 0 Å². The molecule has 0 bridgehead atoms. The van der Waals surface area contributed by atoms with Crippen LogP contribution in [0.4, 0.5) is 0 Å². The van der Waals surface area contributed by atoms with E-state index in [-0.39, 0.29) is 6.04 Å². The maximum Gasteiger partial charge on any atom is 0.330 e. The van der Waals surface area contributed by atoms with Crippen LogP contribution in [0.2, 0.25) is 0 Å². The lowest BCUT2D eigenvalue weighted by molar-refractivity contribution is -0.131. The van der Waals surface area contributed by atoms with Gasteiger partial charge >= 0.3 is 5.97 Å². The number of hydrogen-bond acceptors (Lipinski definition) is 2. The van der Waals surface area contributed by atoms with Gasteiger partial charge in [-0.2, -0.15) is 0 Å². The molecule has 0 spiro atoms. The van der Waals surface area contributed by atoms with Crippen LogP contribution in [-0.4, -0.2) is 17.1 Å². The Bertz CT molecular complexity index is 150. The summed E-state index contributed by atoms with van der Waals surface area (Å²) in [6.07, 6.45) is 1.15. The van der Waals surface area contributed by atoms with E-state index >= 15 is 0 Å². The smallest absolute Gasteiger partial charge is 0.330 e. The van der Waals surface area contributed by atoms with E-state index in [4.69, 9.17) is 5.11 Å². The lowest BCUT2D eigenvalue weighted by atomic mass is 10.3. The van der Waals surface area contributed by atoms with Gasteiger partial charge in [0.1, 0.15) is 0 Å². The Hall–Kier alpha value is -0.990. The maximum absolute atomic E-state index is 10.1. The summed E-state index contributed by atoms with van der Waals surface area (Å²) in [5, 5.41) is 11.2. The zero-order valence-corrected chi connectivity index (χ0v) is 6.51. The van der Waals surface area contributed by atoms with Crippen molar-refractivity contribution in [1.29, 1.82) is 0 Å². The van der Waals surface area contributed by atoms with Gasteiger partial charge in [0.15, 0.2) is 0 Å². The summed E-state index contributed by atoms with van der Waals surface area (Å²) in [4.78, 5) is 10.1. The monoisotopic (exact) mass is 143 g/mol. The number of hydrogen-bond donors (Lipinski definition) is 2. The molecular formula is C7H13NO2. The third kappa shape index (κ3) is 5.15. The molecule has 0 rings (SSSR count). The van der Waals surface area contributed by atoms with Gasteiger partial charge in [0.25, 0.3) is 0 Å². The molecule has 0 aliphatic rings. The van der Waals surface area contributed by atoms with Crippen LogP contribution < -0.4 is 5.32 Å². The highest BCUT2D eigenvalue weighted by molar-refractivity contribution is 5.80. The van der Waals surface area contributed by atoms with Crippen molar-refractivity contribution in [2.45, 2.75) is 26.8 Å². The zero-order chi connectivity index (χ0) is 8.15. The maximum atomic E-state index is 10.1. The largest absolute Gasteiger partial charge is 0.478 e. The Morgan fingerprint density at radius 1 is 1.60 bits per heavy atom. The summed E-state index contributed by atoms with van der Waals surface area (Å²) < 4.78 is 0. The Labute approximate surface area is 60.7 Å². The molecule has 0 unspecified atom stereocenters. The van der Waals surface area contributed by atoms with Crippen molar-refractivity contribution >= 4 is 5.97 Å². The van der Waals surface area contributed by atoms with Crippen LogP contribution in [0, 0.1) is 0 Å². The molecule has 3 heteroatoms. The van der Waals surface area contributed by atoms with Crippen LogP contribution in [-0.2, 0) is 4.79 Å². The minimum Gasteiger partial charge on any atom is -0.478 e. The normalized spacial score (nSPS) is 11.8. The number of allylic oxidation sites excluding steroid dienone is 1. The molecule has 0 aliphatic heterocycles. The lowest BCUT2D eigenvalue weighted by Gasteiger charge is -2.08. The highest BCUT2D eigenvalue weighted by atomic mass is 16.4. The minimum atomic E-state index is -0.911. The van der Waals surface area contributed by atoms with Crippen LogP contribution in [0.3, 0.4) is 0 Å². The quantitative estimate of drug-likeness (QED) is 0.579. The predicted octanol–water partition coefficient (Wildman–Crippen LogP) is 0.973. The minimum absolute atomic E-state index is 0.288. The van der Waals surface area contributed by atoms with Crippen LogP contribution in [0.5, 0.6) is 0 Å². The number of rotatable bonds is 3. The highest BCUT2D eigenvalue weighted by Gasteiger charge is 1.94. The van der Waals surface area contributed by atoms with Crippen LogP contribution in [0.15, 0.2) is 11.8 Å². The first-order valence-corrected chi connectivity index (χ1v) is 3.20. The second-order valence-corrected chi connectivity index (χ2v) is 2.46. The number of aliphatic carboxylic acids is 1. The first kappa shape index (κ1) is 9.01. The highest BCUT2D eigenvalue weighted by Crippen LogP contribution is 1.88. The van der Waals surface area contributed by atoms with E-state index in [0.717, 1.165) is 6.08 Å². The van der Waals surface area contributed by atoms with E-state index in [0.29, 0.717) is 5.70 Å². The Balaban J connectivity index is 3.83. The molecule has 0 aromatic heterocycles. The predicted molar refractivity (Wildman–Crippen MR) is 39.7 cm³/mol. The molecule has 0 heterocycles. The van der Waals surface area contributed by atoms with Crippen molar-refractivity contribution in [2.75, 3.05) is 0 Å². The molecular weight excluding hydrogens is 130 g/mol. The van der Waals surface area contributed by atoms with Crippen molar-refractivity contribution < 1.29 is 9.90 Å². The summed E-state index contributed by atoms with van der Waals surface area (Å²) in [6.45, 7) is 5.65. The van der Waals surface area contributed by atoms with Crippen molar-refractivity contribution in [3.05, 3.63) is 11.8 Å². The fourth-order valence-electron chi connectivity index (χ4n) is 0.682. The topological polar surface area (TPSA) is 49.3 Å². The van der Waals surface area contributed by atoms with Gasteiger partial charge in [0.2, 0.25) is 0 Å². The van der Waals surface area contributed by atoms with Crippen molar-refractivity contribution in [3.63, 3.8) is 0 Å². The summed E-state index contributed by atoms with van der Waals surface area (Å²) in [7, 11) is 0. The van der Waals surface area contributed by atoms with Gasteiger partial charge in [-0.05, 0) is 20.8 Å². The first-order valence-electron chi connectivity index (χ1n) is 3.20. The Kier molecular flexibility index (Phi) is 3.54.